The summed E-state index contributed by atoms with van der Waals surface area (Å²) in [6.45, 7) is 6.24. The fourth-order valence-electron chi connectivity index (χ4n) is 1.93. The molecule has 0 unspecified atom stereocenters. The molecule has 0 radical (unpaired) electrons. The quantitative estimate of drug-likeness (QED) is 0.822. The minimum atomic E-state index is 0.0967. The lowest BCUT2D eigenvalue weighted by Crippen LogP contribution is -2.36. The first kappa shape index (κ1) is 14.2. The topological polar surface area (TPSA) is 20.3 Å². The Hall–Kier alpha value is -0.830. The van der Waals surface area contributed by atoms with Gasteiger partial charge in [-0.25, -0.2) is 0 Å². The van der Waals surface area contributed by atoms with E-state index in [1.54, 1.807) is 0 Å². The SMILES string of the molecule is CCC(CC)N(C)C(=O)c1ccc(C)c(Br)c1. The molecule has 1 aromatic carbocycles. The van der Waals surface area contributed by atoms with E-state index in [-0.39, 0.29) is 5.91 Å². The minimum Gasteiger partial charge on any atom is -0.339 e. The van der Waals surface area contributed by atoms with Gasteiger partial charge in [-0.2, -0.15) is 0 Å². The number of amides is 1. The van der Waals surface area contributed by atoms with Gasteiger partial charge in [0.25, 0.3) is 5.91 Å². The second-order valence-electron chi connectivity index (χ2n) is 4.35. The molecule has 0 aliphatic rings. The summed E-state index contributed by atoms with van der Waals surface area (Å²) < 4.78 is 0.987. The van der Waals surface area contributed by atoms with Crippen molar-refractivity contribution in [3.8, 4) is 0 Å². The Bertz CT molecular complexity index is 399. The molecule has 3 heteroatoms. The Morgan fingerprint density at radius 3 is 2.41 bits per heavy atom. The lowest BCUT2D eigenvalue weighted by Gasteiger charge is -2.26. The van der Waals surface area contributed by atoms with E-state index in [9.17, 15) is 4.79 Å². The Morgan fingerprint density at radius 2 is 1.94 bits per heavy atom. The molecule has 2 nitrogen and oxygen atoms in total. The summed E-state index contributed by atoms with van der Waals surface area (Å²) in [6.07, 6.45) is 1.98. The predicted octanol–water partition coefficient (Wildman–Crippen LogP) is 4.02. The number of carbonyl (C=O) groups excluding carboxylic acids is 1. The van der Waals surface area contributed by atoms with Gasteiger partial charge in [0, 0.05) is 23.1 Å². The van der Waals surface area contributed by atoms with Gasteiger partial charge in [-0.3, -0.25) is 4.79 Å². The van der Waals surface area contributed by atoms with Crippen molar-refractivity contribution < 1.29 is 4.79 Å². The van der Waals surface area contributed by atoms with Gasteiger partial charge in [0.15, 0.2) is 0 Å². The third kappa shape index (κ3) is 3.32. The van der Waals surface area contributed by atoms with Crippen LogP contribution in [-0.4, -0.2) is 23.9 Å². The standard InChI is InChI=1S/C14H20BrNO/c1-5-12(6-2)16(4)14(17)11-8-7-10(3)13(15)9-11/h7-9,12H,5-6H2,1-4H3. The van der Waals surface area contributed by atoms with Crippen LogP contribution in [0.2, 0.25) is 0 Å². The van der Waals surface area contributed by atoms with Crippen molar-refractivity contribution in [2.45, 2.75) is 39.7 Å². The highest BCUT2D eigenvalue weighted by Crippen LogP contribution is 2.19. The fourth-order valence-corrected chi connectivity index (χ4v) is 2.31. The number of benzene rings is 1. The first-order valence-electron chi connectivity index (χ1n) is 6.04. The van der Waals surface area contributed by atoms with Crippen LogP contribution >= 0.6 is 15.9 Å². The Balaban J connectivity index is 2.92. The number of nitrogens with zero attached hydrogens (tertiary/aromatic N) is 1. The van der Waals surface area contributed by atoms with Crippen molar-refractivity contribution in [1.29, 1.82) is 0 Å². The molecule has 0 aromatic heterocycles. The summed E-state index contributed by atoms with van der Waals surface area (Å²) in [4.78, 5) is 14.1. The van der Waals surface area contributed by atoms with Crippen LogP contribution in [0.4, 0.5) is 0 Å². The number of hydrogen-bond acceptors (Lipinski definition) is 1. The van der Waals surface area contributed by atoms with Crippen LogP contribution in [0, 0.1) is 6.92 Å². The number of halogens is 1. The van der Waals surface area contributed by atoms with E-state index >= 15 is 0 Å². The second-order valence-corrected chi connectivity index (χ2v) is 5.20. The van der Waals surface area contributed by atoms with Crippen molar-refractivity contribution in [2.24, 2.45) is 0 Å². The van der Waals surface area contributed by atoms with Crippen molar-refractivity contribution in [3.05, 3.63) is 33.8 Å². The molecule has 0 saturated heterocycles. The summed E-state index contributed by atoms with van der Waals surface area (Å²) in [5.41, 5.74) is 1.89. The molecule has 1 amide bonds. The van der Waals surface area contributed by atoms with Crippen molar-refractivity contribution in [2.75, 3.05) is 7.05 Å². The molecule has 0 atom stereocenters. The molecule has 0 fully saturated rings. The Morgan fingerprint density at radius 1 is 1.35 bits per heavy atom. The number of aryl methyl sites for hydroxylation is 1. The van der Waals surface area contributed by atoms with E-state index in [4.69, 9.17) is 0 Å². The van der Waals surface area contributed by atoms with Gasteiger partial charge < -0.3 is 4.90 Å². The lowest BCUT2D eigenvalue weighted by atomic mass is 10.1. The van der Waals surface area contributed by atoms with Crippen molar-refractivity contribution in [1.82, 2.24) is 4.90 Å². The first-order valence-corrected chi connectivity index (χ1v) is 6.83. The zero-order chi connectivity index (χ0) is 13.0. The molecule has 0 spiro atoms. The van der Waals surface area contributed by atoms with E-state index in [0.717, 1.165) is 28.4 Å². The molecule has 0 aliphatic carbocycles. The minimum absolute atomic E-state index is 0.0967. The highest BCUT2D eigenvalue weighted by Gasteiger charge is 2.18. The highest BCUT2D eigenvalue weighted by molar-refractivity contribution is 9.10. The maximum Gasteiger partial charge on any atom is 0.253 e. The van der Waals surface area contributed by atoms with E-state index in [1.165, 1.54) is 0 Å². The van der Waals surface area contributed by atoms with Gasteiger partial charge in [0.1, 0.15) is 0 Å². The molecular formula is C14H20BrNO. The summed E-state index contributed by atoms with van der Waals surface area (Å²) >= 11 is 3.46. The molecule has 0 aliphatic heterocycles. The zero-order valence-electron chi connectivity index (χ0n) is 11.0. The smallest absolute Gasteiger partial charge is 0.253 e. The summed E-state index contributed by atoms with van der Waals surface area (Å²) in [7, 11) is 1.88. The third-order valence-corrected chi connectivity index (χ3v) is 4.08. The van der Waals surface area contributed by atoms with Gasteiger partial charge >= 0.3 is 0 Å². The molecule has 0 saturated carbocycles. The van der Waals surface area contributed by atoms with Crippen LogP contribution in [-0.2, 0) is 0 Å². The van der Waals surface area contributed by atoms with Crippen LogP contribution < -0.4 is 0 Å². The molecule has 0 N–H and O–H groups in total. The average Bonchev–Trinajstić information content (AvgIpc) is 2.33. The largest absolute Gasteiger partial charge is 0.339 e. The normalized spacial score (nSPS) is 10.7. The third-order valence-electron chi connectivity index (χ3n) is 3.23. The van der Waals surface area contributed by atoms with Crippen LogP contribution in [0.1, 0.15) is 42.6 Å². The van der Waals surface area contributed by atoms with Gasteiger partial charge in [-0.15, -0.1) is 0 Å². The van der Waals surface area contributed by atoms with Crippen molar-refractivity contribution >= 4 is 21.8 Å². The maximum atomic E-state index is 12.3. The first-order chi connectivity index (χ1) is 8.01. The lowest BCUT2D eigenvalue weighted by molar-refractivity contribution is 0.0723. The van der Waals surface area contributed by atoms with Gasteiger partial charge in [-0.1, -0.05) is 35.8 Å². The van der Waals surface area contributed by atoms with Crippen LogP contribution in [0.3, 0.4) is 0 Å². The average molecular weight is 298 g/mol. The van der Waals surface area contributed by atoms with Crippen LogP contribution in [0.15, 0.2) is 22.7 Å². The van der Waals surface area contributed by atoms with Crippen LogP contribution in [0.25, 0.3) is 0 Å². The second kappa shape index (κ2) is 6.20. The Labute approximate surface area is 112 Å². The van der Waals surface area contributed by atoms with Gasteiger partial charge in [0.2, 0.25) is 0 Å². The molecule has 0 heterocycles. The molecule has 1 rings (SSSR count). The summed E-state index contributed by atoms with van der Waals surface area (Å²) in [5.74, 6) is 0.0967. The maximum absolute atomic E-state index is 12.3. The van der Waals surface area contributed by atoms with E-state index < -0.39 is 0 Å². The highest BCUT2D eigenvalue weighted by atomic mass is 79.9. The number of carbonyl (C=O) groups is 1. The predicted molar refractivity (Wildman–Crippen MR) is 75.3 cm³/mol. The van der Waals surface area contributed by atoms with E-state index in [1.807, 2.05) is 37.1 Å². The Kier molecular flexibility index (Phi) is 5.19. The molecule has 0 bridgehead atoms. The number of rotatable bonds is 4. The van der Waals surface area contributed by atoms with E-state index in [2.05, 4.69) is 29.8 Å². The van der Waals surface area contributed by atoms with Gasteiger partial charge in [-0.05, 0) is 37.5 Å². The monoisotopic (exact) mass is 297 g/mol. The molecular weight excluding hydrogens is 278 g/mol. The van der Waals surface area contributed by atoms with Crippen LogP contribution in [0.5, 0.6) is 0 Å². The summed E-state index contributed by atoms with van der Waals surface area (Å²) in [6, 6.07) is 6.08. The molecule has 17 heavy (non-hydrogen) atoms. The summed E-state index contributed by atoms with van der Waals surface area (Å²) in [5, 5.41) is 0. The fraction of sp³-hybridized carbons (Fsp3) is 0.500. The molecule has 94 valence electrons. The molecule has 1 aromatic rings. The van der Waals surface area contributed by atoms with E-state index in [0.29, 0.717) is 6.04 Å². The number of hydrogen-bond donors (Lipinski definition) is 0. The zero-order valence-corrected chi connectivity index (χ0v) is 12.5. The van der Waals surface area contributed by atoms with Gasteiger partial charge in [0.05, 0.1) is 0 Å². The van der Waals surface area contributed by atoms with Crippen molar-refractivity contribution in [3.63, 3.8) is 0 Å².